The number of nitrogens with one attached hydrogen (secondary N) is 2. The quantitative estimate of drug-likeness (QED) is 0.139. The van der Waals surface area contributed by atoms with Crippen LogP contribution in [0.15, 0.2) is 97.1 Å². The van der Waals surface area contributed by atoms with Crippen LogP contribution in [-0.4, -0.2) is 141 Å². The van der Waals surface area contributed by atoms with Crippen molar-refractivity contribution >= 4 is 86.1 Å². The second kappa shape index (κ2) is 25.7. The number of allylic oxidation sites excluding steroid dienone is 2. The number of anilines is 2. The topological polar surface area (TPSA) is 260 Å². The van der Waals surface area contributed by atoms with Gasteiger partial charge < -0.3 is 29.5 Å². The number of halogens is 2. The number of sulfonamides is 2. The maximum Gasteiger partial charge on any atom is 0.264 e. The largest absolute Gasteiger partial charge is 0.490 e. The predicted molar refractivity (Wildman–Crippen MR) is 360 cm³/mol. The minimum absolute atomic E-state index is 0.0326. The van der Waals surface area contributed by atoms with E-state index in [2.05, 4.69) is 31.4 Å². The summed E-state index contributed by atoms with van der Waals surface area (Å²) in [5.41, 5.74) is 2.50. The summed E-state index contributed by atoms with van der Waals surface area (Å²) in [6.45, 7) is 9.57. The molecule has 24 heteroatoms. The lowest BCUT2D eigenvalue weighted by molar-refractivity contribution is -0.0292. The molecule has 2 amide bonds. The zero-order valence-electron chi connectivity index (χ0n) is 53.1. The number of carbonyl (C=O) groups excluding carboxylic acids is 2. The van der Waals surface area contributed by atoms with Crippen molar-refractivity contribution in [3.05, 3.63) is 141 Å². The Morgan fingerprint density at radius 1 is 0.576 bits per heavy atom. The summed E-state index contributed by atoms with van der Waals surface area (Å²) in [5.74, 6) is -2.60. The number of rotatable bonds is 4. The fourth-order valence-corrected chi connectivity index (χ4v) is 21.2. The van der Waals surface area contributed by atoms with Gasteiger partial charge in [-0.1, -0.05) is 73.5 Å². The zero-order valence-corrected chi connectivity index (χ0v) is 57.9. The second-order valence-corrected chi connectivity index (χ2v) is 37.4. The molecule has 4 aliphatic carbocycles. The number of hydrogen-bond donors (Lipinski definition) is 4. The van der Waals surface area contributed by atoms with Gasteiger partial charge >= 0.3 is 0 Å². The van der Waals surface area contributed by atoms with Gasteiger partial charge in [-0.05, 0) is 209 Å². The van der Waals surface area contributed by atoms with Crippen molar-refractivity contribution < 1.29 is 62.9 Å². The summed E-state index contributed by atoms with van der Waals surface area (Å²) >= 11 is 12.8. The maximum atomic E-state index is 13.4. The summed E-state index contributed by atoms with van der Waals surface area (Å²) < 4.78 is 121. The van der Waals surface area contributed by atoms with Gasteiger partial charge in [0.1, 0.15) is 11.5 Å². The first-order chi connectivity index (χ1) is 43.2. The molecule has 18 nitrogen and oxygen atoms in total. The van der Waals surface area contributed by atoms with Crippen LogP contribution < -0.4 is 28.7 Å². The molecule has 92 heavy (non-hydrogen) atoms. The maximum absolute atomic E-state index is 13.4. The minimum Gasteiger partial charge on any atom is -0.490 e. The SMILES string of the molecule is C[C@@H]1[C@@H](C)C/C=C/[C@@](O)(CS(C)(=O)=O)[C@@H]2CC[C@H]2CN2C[C@@]3(CCCc4cc(Cl)ccc43)COc3ccc(cc32)C(=O)NS1(=O)=O.C[C@@H]1[C@@H](C)C/C=C/[C@](O)(CS(C)(=O)=O)[C@@H]2CC[C@H]2CN2C[C@@]3(CCCc4cc(Cl)ccc43)COc3ccc(cc32)C(=O)NS1(=O)=O. The summed E-state index contributed by atoms with van der Waals surface area (Å²) in [6, 6.07) is 22.0. The molecule has 4 aromatic carbocycles. The number of sulfone groups is 2. The van der Waals surface area contributed by atoms with Crippen LogP contribution in [0.2, 0.25) is 10.0 Å². The van der Waals surface area contributed by atoms with E-state index in [-0.39, 0.29) is 58.5 Å². The molecule has 4 aliphatic heterocycles. The van der Waals surface area contributed by atoms with Crippen molar-refractivity contribution in [3.8, 4) is 11.5 Å². The number of nitrogens with zero attached hydrogens (tertiary/aromatic N) is 2. The molecule has 12 rings (SSSR count). The van der Waals surface area contributed by atoms with Crippen LogP contribution in [0.25, 0.3) is 0 Å². The van der Waals surface area contributed by atoms with E-state index in [1.807, 2.05) is 24.3 Å². The van der Waals surface area contributed by atoms with Crippen LogP contribution in [0.4, 0.5) is 11.4 Å². The molecule has 2 spiro atoms. The van der Waals surface area contributed by atoms with Crippen LogP contribution in [0.3, 0.4) is 0 Å². The first-order valence-corrected chi connectivity index (χ1v) is 40.0. The van der Waals surface area contributed by atoms with E-state index in [9.17, 15) is 53.5 Å². The Morgan fingerprint density at radius 3 is 1.33 bits per heavy atom. The number of carbonyl (C=O) groups is 2. The van der Waals surface area contributed by atoms with Crippen LogP contribution in [-0.2, 0) is 63.4 Å². The Hall–Kier alpha value is -5.20. The molecule has 0 saturated heterocycles. The molecular formula is C68H86Cl2N4O14S4. The Kier molecular flexibility index (Phi) is 19.1. The van der Waals surface area contributed by atoms with E-state index < -0.39 is 96.6 Å². The number of fused-ring (bicyclic) bond motifs is 8. The number of ether oxygens (including phenoxy) is 2. The average Bonchev–Trinajstić information content (AvgIpc) is 1.72. The molecular weight excluding hydrogens is 1300 g/mol. The Bertz CT molecular complexity index is 3820. The third-order valence-corrected chi connectivity index (χ3v) is 27.8. The fraction of sp³-hybridized carbons (Fsp3) is 0.559. The van der Waals surface area contributed by atoms with Gasteiger partial charge in [-0.15, -0.1) is 0 Å². The molecule has 0 radical (unpaired) electrons. The number of aliphatic hydroxyl groups is 2. The zero-order chi connectivity index (χ0) is 66.1. The first-order valence-electron chi connectivity index (χ1n) is 32.1. The highest BCUT2D eigenvalue weighted by molar-refractivity contribution is 7.91. The number of benzene rings is 4. The Balaban J connectivity index is 0.000000188. The van der Waals surface area contributed by atoms with Crippen LogP contribution in [0.1, 0.15) is 135 Å². The van der Waals surface area contributed by atoms with Crippen molar-refractivity contribution in [1.29, 1.82) is 0 Å². The molecule has 2 fully saturated rings. The van der Waals surface area contributed by atoms with Gasteiger partial charge in [-0.25, -0.2) is 43.1 Å². The third kappa shape index (κ3) is 14.2. The number of aryl methyl sites for hydroxylation is 2. The molecule has 500 valence electrons. The van der Waals surface area contributed by atoms with E-state index in [0.29, 0.717) is 85.2 Å². The number of amides is 2. The highest BCUT2D eigenvalue weighted by atomic mass is 35.5. The first kappa shape index (κ1) is 68.2. The summed E-state index contributed by atoms with van der Waals surface area (Å²) in [6.07, 6.45) is 17.8. The molecule has 0 aromatic heterocycles. The number of hydrogen-bond acceptors (Lipinski definition) is 16. The lowest BCUT2D eigenvalue weighted by Crippen LogP contribution is -2.54. The average molecular weight is 1380 g/mol. The lowest BCUT2D eigenvalue weighted by atomic mass is 9.64. The van der Waals surface area contributed by atoms with E-state index >= 15 is 0 Å². The molecule has 4 heterocycles. The van der Waals surface area contributed by atoms with E-state index in [1.54, 1.807) is 88.4 Å². The highest BCUT2D eigenvalue weighted by Gasteiger charge is 2.52. The summed E-state index contributed by atoms with van der Waals surface area (Å²) in [4.78, 5) is 31.2. The standard InChI is InChI=1S/2C34H43ClN2O7S2/c2*1-22-6-4-15-34(39,21-45(3,40)41)29-11-8-26(29)18-37-19-33(14-5-7-24-16-27(35)10-12-28(24)33)20-44-31-13-9-25(17-30(31)37)32(38)36-46(42,43)23(22)2/h2*4,9-10,12-13,15-17,22-23,26,29,39H,5-8,11,14,18-21H2,1-3H3,(H,36,38)/b2*15-4+/t22-,23+,26-,29+,33-,34+;22-,23+,26-,29+,33-,34-/m00/s1. The van der Waals surface area contributed by atoms with Gasteiger partial charge in [0.2, 0.25) is 20.0 Å². The summed E-state index contributed by atoms with van der Waals surface area (Å²) in [7, 11) is -15.2. The predicted octanol–water partition coefficient (Wildman–Crippen LogP) is 9.32. The molecule has 12 atom stereocenters. The van der Waals surface area contributed by atoms with Gasteiger partial charge in [-0.3, -0.25) is 9.59 Å². The van der Waals surface area contributed by atoms with Gasteiger partial charge in [0.25, 0.3) is 11.8 Å². The second-order valence-electron chi connectivity index (χ2n) is 28.2. The van der Waals surface area contributed by atoms with Crippen molar-refractivity contribution in [1.82, 2.24) is 9.44 Å². The molecule has 4 aromatic rings. The van der Waals surface area contributed by atoms with Crippen molar-refractivity contribution in [3.63, 3.8) is 0 Å². The van der Waals surface area contributed by atoms with E-state index in [1.165, 1.54) is 22.3 Å². The van der Waals surface area contributed by atoms with Crippen LogP contribution in [0.5, 0.6) is 11.5 Å². The third-order valence-electron chi connectivity index (χ3n) is 21.5. The summed E-state index contributed by atoms with van der Waals surface area (Å²) in [5, 5.41) is 23.6. The molecule has 4 N–H and O–H groups in total. The van der Waals surface area contributed by atoms with Gasteiger partial charge in [-0.2, -0.15) is 0 Å². The Morgan fingerprint density at radius 2 is 0.967 bits per heavy atom. The smallest absolute Gasteiger partial charge is 0.264 e. The van der Waals surface area contributed by atoms with Crippen LogP contribution >= 0.6 is 23.2 Å². The van der Waals surface area contributed by atoms with Crippen molar-refractivity contribution in [2.75, 3.05) is 73.2 Å². The molecule has 2 saturated carbocycles. The van der Waals surface area contributed by atoms with Gasteiger partial charge in [0.05, 0.1) is 57.8 Å². The van der Waals surface area contributed by atoms with Crippen LogP contribution in [0, 0.1) is 35.5 Å². The Labute approximate surface area is 552 Å². The molecule has 8 aliphatic rings. The van der Waals surface area contributed by atoms with Crippen molar-refractivity contribution in [2.45, 2.75) is 137 Å². The van der Waals surface area contributed by atoms with Gasteiger partial charge in [0.15, 0.2) is 19.7 Å². The highest BCUT2D eigenvalue weighted by Crippen LogP contribution is 2.51. The molecule has 0 unspecified atom stereocenters. The van der Waals surface area contributed by atoms with Gasteiger partial charge in [0, 0.05) is 70.7 Å². The van der Waals surface area contributed by atoms with E-state index in [4.69, 9.17) is 32.7 Å². The lowest BCUT2D eigenvalue weighted by Gasteiger charge is -2.49. The molecule has 4 bridgehead atoms. The van der Waals surface area contributed by atoms with Crippen molar-refractivity contribution in [2.24, 2.45) is 35.5 Å². The monoisotopic (exact) mass is 1380 g/mol. The minimum atomic E-state index is -4.05. The normalized spacial score (nSPS) is 33.4. The van der Waals surface area contributed by atoms with E-state index in [0.717, 1.165) is 63.9 Å². The fourth-order valence-electron chi connectivity index (χ4n) is 15.9.